The molecule has 1 aliphatic carbocycles. The molecule has 24 heteroatoms. The largest absolute Gasteiger partial charge is 0.501 e. The van der Waals surface area contributed by atoms with Crippen molar-refractivity contribution in [3.63, 3.8) is 0 Å². The van der Waals surface area contributed by atoms with Gasteiger partial charge in [-0.2, -0.15) is 13.2 Å². The summed E-state index contributed by atoms with van der Waals surface area (Å²) in [6, 6.07) is 27.5. The monoisotopic (exact) mass is 1270 g/mol. The van der Waals surface area contributed by atoms with Crippen LogP contribution in [0.1, 0.15) is 103 Å². The summed E-state index contributed by atoms with van der Waals surface area (Å²) in [5, 5.41) is 6.04. The summed E-state index contributed by atoms with van der Waals surface area (Å²) < 4.78 is 116. The summed E-state index contributed by atoms with van der Waals surface area (Å²) in [6.07, 6.45) is 5.37. The van der Waals surface area contributed by atoms with Crippen LogP contribution in [0.3, 0.4) is 0 Å². The number of anilines is 2. The highest BCUT2D eigenvalue weighted by atomic mass is 35.5. The van der Waals surface area contributed by atoms with Crippen LogP contribution in [0.4, 0.5) is 28.9 Å². The molecule has 4 amide bonds. The number of benzene rings is 5. The van der Waals surface area contributed by atoms with Gasteiger partial charge < -0.3 is 15.1 Å². The third kappa shape index (κ3) is 13.9. The molecule has 5 aliphatic heterocycles. The zero-order valence-electron chi connectivity index (χ0n) is 48.3. The number of allylic oxidation sites excluding steroid dienone is 1. The normalized spacial score (nSPS) is 21.7. The molecule has 6 aliphatic rings. The van der Waals surface area contributed by atoms with E-state index in [0.29, 0.717) is 61.4 Å². The Kier molecular flexibility index (Phi) is 18.1. The Labute approximate surface area is 514 Å². The first kappa shape index (κ1) is 62.3. The molecule has 16 nitrogen and oxygen atoms in total. The fraction of sp³-hybridized carbons (Fsp3) is 0.429. The Bertz CT molecular complexity index is 3710. The second-order valence-corrected chi connectivity index (χ2v) is 29.5. The third-order valence-corrected chi connectivity index (χ3v) is 22.1. The Morgan fingerprint density at radius 3 is 2.21 bits per heavy atom. The Morgan fingerprint density at radius 2 is 1.53 bits per heavy atom. The number of sulfone groups is 1. The molecule has 4 saturated heterocycles. The Hall–Kier alpha value is -6.34. The molecule has 4 fully saturated rings. The van der Waals surface area contributed by atoms with Gasteiger partial charge >= 0.3 is 5.51 Å². The maximum absolute atomic E-state index is 15.8. The maximum atomic E-state index is 15.8. The van der Waals surface area contributed by atoms with Crippen LogP contribution in [0.15, 0.2) is 129 Å². The van der Waals surface area contributed by atoms with E-state index in [1.54, 1.807) is 18.2 Å². The van der Waals surface area contributed by atoms with Crippen molar-refractivity contribution in [1.29, 1.82) is 0 Å². The molecule has 5 aromatic carbocycles. The van der Waals surface area contributed by atoms with E-state index < -0.39 is 82.4 Å². The number of piperidine rings is 1. The number of piperazine rings is 2. The summed E-state index contributed by atoms with van der Waals surface area (Å²) >= 11 is 7.63. The molecular formula is C63H69ClF4N8O8S3. The van der Waals surface area contributed by atoms with Crippen LogP contribution < -0.4 is 20.3 Å². The summed E-state index contributed by atoms with van der Waals surface area (Å²) in [4.78, 5) is 60.5. The van der Waals surface area contributed by atoms with Crippen LogP contribution in [0.5, 0.6) is 0 Å². The van der Waals surface area contributed by atoms with E-state index in [1.807, 2.05) is 47.2 Å². The second kappa shape index (κ2) is 25.3. The van der Waals surface area contributed by atoms with Gasteiger partial charge in [-0.05, 0) is 146 Å². The van der Waals surface area contributed by atoms with E-state index in [-0.39, 0.29) is 60.3 Å². The number of hydrogen-bond donors (Lipinski definition) is 3. The van der Waals surface area contributed by atoms with Crippen molar-refractivity contribution in [2.45, 2.75) is 123 Å². The minimum Gasteiger partial charge on any atom is -0.380 e. The van der Waals surface area contributed by atoms with E-state index in [9.17, 15) is 49.2 Å². The van der Waals surface area contributed by atoms with Gasteiger partial charge in [0.25, 0.3) is 31.7 Å². The minimum atomic E-state index is -6.18. The number of imide groups is 1. The summed E-state index contributed by atoms with van der Waals surface area (Å²) in [5.41, 5.74) is -0.118. The molecule has 11 rings (SSSR count). The van der Waals surface area contributed by atoms with Gasteiger partial charge in [0.05, 0.1) is 10.6 Å². The number of fused-ring (bicyclic) bond motifs is 3. The molecule has 5 aromatic rings. The number of nitrogens with one attached hydrogen (secondary N) is 3. The lowest BCUT2D eigenvalue weighted by atomic mass is 9.73. The second-order valence-electron chi connectivity index (χ2n) is 24.4. The summed E-state index contributed by atoms with van der Waals surface area (Å²) in [7, 11) is -11.1. The van der Waals surface area contributed by atoms with E-state index in [0.717, 1.165) is 74.5 Å². The molecule has 4 atom stereocenters. The predicted octanol–water partition coefficient (Wildman–Crippen LogP) is 9.75. The standard InChI is InChI=1S/C63H69ClF4N8O8S3/c1-62(2)24-22-52(40-8-12-45(64)13-9-40)44(33-62)35-72-26-28-74(29-27-72)47-14-10-41(11-15-47)59(78)71-87(83,84)51-18-19-55(57(31-51)86(81,82)63(66,67)68)69-46(39-85-50-6-4-3-5-7-50)23-25-75-48-16-17-49(75)38-73(37-48)34-43-30-42-36-76(61(80)53(42)32-54(43)65)56-20-21-58(77)70-60(56)79/h3-15,18-19,30-32,46,48-49,56,69H,16-17,20-29,33-39H2,1-2H3,(H,71,78)(H,70,77,79)/t46-,48?,49?,56?/m1/s1. The molecule has 3 N–H and O–H groups in total. The first-order chi connectivity index (χ1) is 41.4. The molecule has 5 heterocycles. The molecule has 3 unspecified atom stereocenters. The SMILES string of the molecule is CC1(C)CCC(c2ccc(Cl)cc2)=C(CN2CCN(c3ccc(C(=O)NS(=O)(=O)c4ccc(N[C@H](CCN5C6CCC5CN(Cc5cc7c(cc5F)C(=O)N(C5CCC(=O)NC5=O)C7)C6)CSc5ccccc5)c(S(=O)(=O)C(F)(F)F)c4)cc3)CC2)C1. The highest BCUT2D eigenvalue weighted by Gasteiger charge is 2.49. The first-order valence-corrected chi connectivity index (χ1v) is 33.7. The zero-order chi connectivity index (χ0) is 61.6. The predicted molar refractivity (Wildman–Crippen MR) is 326 cm³/mol. The van der Waals surface area contributed by atoms with Gasteiger partial charge in [0, 0.05) is 128 Å². The topological polar surface area (TPSA) is 189 Å². The number of amides is 4. The van der Waals surface area contributed by atoms with Crippen LogP contribution in [-0.4, -0.2) is 148 Å². The van der Waals surface area contributed by atoms with Crippen molar-refractivity contribution in [3.8, 4) is 0 Å². The number of carbonyl (C=O) groups excluding carboxylic acids is 4. The highest BCUT2D eigenvalue weighted by Crippen LogP contribution is 2.44. The number of halogens is 5. The van der Waals surface area contributed by atoms with Crippen molar-refractivity contribution in [3.05, 3.63) is 153 Å². The molecule has 0 saturated carbocycles. The Morgan fingerprint density at radius 1 is 0.828 bits per heavy atom. The quantitative estimate of drug-likeness (QED) is 0.0403. The van der Waals surface area contributed by atoms with E-state index in [1.165, 1.54) is 51.6 Å². The maximum Gasteiger partial charge on any atom is 0.501 e. The zero-order valence-corrected chi connectivity index (χ0v) is 51.5. The minimum absolute atomic E-state index is 0.0345. The van der Waals surface area contributed by atoms with Gasteiger partial charge in [-0.25, -0.2) is 25.9 Å². The number of thioether (sulfide) groups is 1. The number of carbonyl (C=O) groups is 4. The van der Waals surface area contributed by atoms with E-state index >= 15 is 4.39 Å². The Balaban J connectivity index is 0.739. The average Bonchev–Trinajstić information content (AvgIpc) is 2.05. The lowest BCUT2D eigenvalue weighted by molar-refractivity contribution is -0.136. The summed E-state index contributed by atoms with van der Waals surface area (Å²) in [5.74, 6) is -2.75. The van der Waals surface area contributed by atoms with Crippen LogP contribution in [0.25, 0.3) is 5.57 Å². The number of rotatable bonds is 19. The third-order valence-electron chi connectivity index (χ3n) is 17.8. The van der Waals surface area contributed by atoms with Gasteiger partial charge in [-0.15, -0.1) is 11.8 Å². The number of alkyl halides is 3. The van der Waals surface area contributed by atoms with Crippen molar-refractivity contribution in [2.24, 2.45) is 5.41 Å². The van der Waals surface area contributed by atoms with Gasteiger partial charge in [0.15, 0.2) is 0 Å². The fourth-order valence-corrected chi connectivity index (χ4v) is 16.3. The van der Waals surface area contributed by atoms with Crippen LogP contribution >= 0.6 is 23.4 Å². The lowest BCUT2D eigenvalue weighted by Gasteiger charge is -2.41. The van der Waals surface area contributed by atoms with Crippen molar-refractivity contribution in [1.82, 2.24) is 29.6 Å². The first-order valence-electron chi connectivity index (χ1n) is 29.3. The summed E-state index contributed by atoms with van der Waals surface area (Å²) in [6.45, 7) is 10.4. The van der Waals surface area contributed by atoms with Gasteiger partial charge in [0.2, 0.25) is 11.8 Å². The molecule has 0 radical (unpaired) electrons. The van der Waals surface area contributed by atoms with Gasteiger partial charge in [-0.1, -0.05) is 61.4 Å². The highest BCUT2D eigenvalue weighted by molar-refractivity contribution is 7.99. The van der Waals surface area contributed by atoms with Gasteiger partial charge in [-0.3, -0.25) is 39.2 Å². The molecular weight excluding hydrogens is 1200 g/mol. The molecule has 462 valence electrons. The molecule has 0 aromatic heterocycles. The van der Waals surface area contributed by atoms with Gasteiger partial charge in [0.1, 0.15) is 16.8 Å². The van der Waals surface area contributed by atoms with Crippen LogP contribution in [0.2, 0.25) is 5.02 Å². The van der Waals surface area contributed by atoms with Crippen molar-refractivity contribution < 1.29 is 53.6 Å². The number of sulfonamides is 1. The molecule has 0 spiro atoms. The molecule has 2 bridgehead atoms. The van der Waals surface area contributed by atoms with E-state index in [4.69, 9.17) is 11.6 Å². The van der Waals surface area contributed by atoms with Crippen LogP contribution in [-0.2, 0) is 42.5 Å². The average molecular weight is 1270 g/mol. The molecule has 87 heavy (non-hydrogen) atoms. The lowest BCUT2D eigenvalue weighted by Crippen LogP contribution is -2.54. The number of nitrogens with zero attached hydrogens (tertiary/aromatic N) is 5. The van der Waals surface area contributed by atoms with E-state index in [2.05, 4.69) is 56.2 Å². The van der Waals surface area contributed by atoms with Crippen LogP contribution in [0, 0.1) is 11.2 Å². The fourth-order valence-electron chi connectivity index (χ4n) is 13.2. The van der Waals surface area contributed by atoms with Crippen molar-refractivity contribution >= 4 is 83.8 Å². The number of hydrogen-bond acceptors (Lipinski definition) is 14. The number of likely N-dealkylation sites (tertiary alicyclic amines) is 1. The van der Waals surface area contributed by atoms with Crippen molar-refractivity contribution in [2.75, 3.05) is 68.3 Å². The smallest absolute Gasteiger partial charge is 0.380 e.